The van der Waals surface area contributed by atoms with Gasteiger partial charge in [-0.15, -0.1) is 6.58 Å². The number of benzene rings is 2. The van der Waals surface area contributed by atoms with Crippen LogP contribution >= 0.6 is 0 Å². The van der Waals surface area contributed by atoms with Gasteiger partial charge in [0.15, 0.2) is 0 Å². The Morgan fingerprint density at radius 2 is 1.52 bits per heavy atom. The van der Waals surface area contributed by atoms with Crippen LogP contribution in [0.2, 0.25) is 0 Å². The molecule has 25 heavy (non-hydrogen) atoms. The molecule has 130 valence electrons. The van der Waals surface area contributed by atoms with Gasteiger partial charge in [-0.25, -0.2) is 0 Å². The van der Waals surface area contributed by atoms with Crippen molar-refractivity contribution in [3.63, 3.8) is 0 Å². The second kappa shape index (κ2) is 9.42. The highest BCUT2D eigenvalue weighted by Crippen LogP contribution is 2.27. The first-order valence-electron chi connectivity index (χ1n) is 8.42. The van der Waals surface area contributed by atoms with Crippen molar-refractivity contribution in [3.8, 4) is 0 Å². The summed E-state index contributed by atoms with van der Waals surface area (Å²) in [4.78, 5) is 26.5. The number of para-hydroxylation sites is 2. The van der Waals surface area contributed by atoms with E-state index in [9.17, 15) is 9.59 Å². The van der Waals surface area contributed by atoms with Gasteiger partial charge in [-0.1, -0.05) is 49.4 Å². The average Bonchev–Trinajstić information content (AvgIpc) is 2.62. The van der Waals surface area contributed by atoms with Crippen LogP contribution in [0.3, 0.4) is 0 Å². The van der Waals surface area contributed by atoms with Crippen LogP contribution in [-0.2, 0) is 9.59 Å². The van der Waals surface area contributed by atoms with Crippen LogP contribution in [0.1, 0.15) is 19.8 Å². The summed E-state index contributed by atoms with van der Waals surface area (Å²) < 4.78 is 0. The van der Waals surface area contributed by atoms with Gasteiger partial charge in [0.2, 0.25) is 11.8 Å². The smallest absolute Gasteiger partial charge is 0.231 e. The number of carbonyl (C=O) groups is 2. The molecule has 2 aromatic carbocycles. The minimum Gasteiger partial charge on any atom is -0.353 e. The van der Waals surface area contributed by atoms with Crippen LogP contribution < -0.4 is 10.2 Å². The quantitative estimate of drug-likeness (QED) is 0.739. The zero-order chi connectivity index (χ0) is 18.1. The van der Waals surface area contributed by atoms with Gasteiger partial charge in [-0.3, -0.25) is 14.5 Å². The summed E-state index contributed by atoms with van der Waals surface area (Å²) in [6, 6.07) is 19.1. The van der Waals surface area contributed by atoms with E-state index >= 15 is 0 Å². The Balaban J connectivity index is 2.11. The van der Waals surface area contributed by atoms with Crippen molar-refractivity contribution in [3.05, 3.63) is 73.3 Å². The highest BCUT2D eigenvalue weighted by molar-refractivity contribution is 6.00. The van der Waals surface area contributed by atoms with Crippen molar-refractivity contribution in [1.82, 2.24) is 5.32 Å². The monoisotopic (exact) mass is 336 g/mol. The molecule has 1 atom stereocenters. The third kappa shape index (κ3) is 5.60. The fraction of sp³-hybridized carbons (Fsp3) is 0.238. The molecule has 0 fully saturated rings. The number of carbonyl (C=O) groups excluding carboxylic acids is 2. The number of hydrogen-bond acceptors (Lipinski definition) is 2. The molecule has 2 rings (SSSR count). The van der Waals surface area contributed by atoms with Gasteiger partial charge in [-0.05, 0) is 30.2 Å². The number of nitrogens with zero attached hydrogens (tertiary/aromatic N) is 1. The molecule has 2 amide bonds. The van der Waals surface area contributed by atoms with E-state index in [0.29, 0.717) is 19.4 Å². The van der Waals surface area contributed by atoms with E-state index < -0.39 is 0 Å². The summed E-state index contributed by atoms with van der Waals surface area (Å²) in [7, 11) is 0. The summed E-state index contributed by atoms with van der Waals surface area (Å²) in [5.41, 5.74) is 1.64. The van der Waals surface area contributed by atoms with Crippen molar-refractivity contribution < 1.29 is 9.59 Å². The Bertz CT molecular complexity index is 659. The zero-order valence-corrected chi connectivity index (χ0v) is 14.5. The lowest BCUT2D eigenvalue weighted by atomic mass is 10.0. The first-order chi connectivity index (χ1) is 12.1. The molecule has 4 nitrogen and oxygen atoms in total. The topological polar surface area (TPSA) is 49.4 Å². The molecule has 0 saturated heterocycles. The molecular weight excluding hydrogens is 312 g/mol. The summed E-state index contributed by atoms with van der Waals surface area (Å²) in [5.74, 6) is -0.139. The van der Waals surface area contributed by atoms with Gasteiger partial charge < -0.3 is 5.32 Å². The largest absolute Gasteiger partial charge is 0.353 e. The van der Waals surface area contributed by atoms with Crippen molar-refractivity contribution in [1.29, 1.82) is 0 Å². The second-order valence-electron chi connectivity index (χ2n) is 6.01. The van der Waals surface area contributed by atoms with E-state index in [4.69, 9.17) is 0 Å². The predicted octanol–water partition coefficient (Wildman–Crippen LogP) is 4.07. The molecule has 0 aliphatic heterocycles. The highest BCUT2D eigenvalue weighted by Gasteiger charge is 2.21. The molecule has 0 bridgehead atoms. The van der Waals surface area contributed by atoms with E-state index in [2.05, 4.69) is 11.9 Å². The van der Waals surface area contributed by atoms with Crippen LogP contribution in [0.15, 0.2) is 73.3 Å². The van der Waals surface area contributed by atoms with Gasteiger partial charge >= 0.3 is 0 Å². The fourth-order valence-electron chi connectivity index (χ4n) is 2.63. The van der Waals surface area contributed by atoms with Crippen LogP contribution in [0, 0.1) is 5.92 Å². The molecule has 0 heterocycles. The first-order valence-corrected chi connectivity index (χ1v) is 8.42. The Hall–Kier alpha value is -2.88. The fourth-order valence-corrected chi connectivity index (χ4v) is 2.63. The van der Waals surface area contributed by atoms with Crippen LogP contribution in [0.5, 0.6) is 0 Å². The number of hydrogen-bond donors (Lipinski definition) is 1. The van der Waals surface area contributed by atoms with E-state index in [1.165, 1.54) is 0 Å². The third-order valence-electron chi connectivity index (χ3n) is 3.78. The molecule has 0 aliphatic rings. The highest BCUT2D eigenvalue weighted by atomic mass is 16.2. The van der Waals surface area contributed by atoms with E-state index in [-0.39, 0.29) is 17.7 Å². The number of rotatable bonds is 8. The predicted molar refractivity (Wildman–Crippen MR) is 102 cm³/mol. The Labute approximate surface area is 149 Å². The zero-order valence-electron chi connectivity index (χ0n) is 14.5. The number of nitrogens with one attached hydrogen (secondary N) is 1. The van der Waals surface area contributed by atoms with Crippen LogP contribution in [0.25, 0.3) is 0 Å². The number of amides is 2. The summed E-state index contributed by atoms with van der Waals surface area (Å²) in [6.45, 7) is 5.94. The maximum Gasteiger partial charge on any atom is 0.231 e. The lowest BCUT2D eigenvalue weighted by Gasteiger charge is -2.24. The van der Waals surface area contributed by atoms with Gasteiger partial charge in [0, 0.05) is 30.8 Å². The Morgan fingerprint density at radius 1 is 1.00 bits per heavy atom. The molecule has 4 heteroatoms. The van der Waals surface area contributed by atoms with Crippen LogP contribution in [0.4, 0.5) is 11.4 Å². The molecule has 0 aromatic heterocycles. The maximum atomic E-state index is 12.9. The SMILES string of the molecule is C=CCNC(=O)C[C@@H](C)CC(=O)N(c1ccccc1)c1ccccc1. The molecule has 0 unspecified atom stereocenters. The van der Waals surface area contributed by atoms with Crippen molar-refractivity contribution >= 4 is 23.2 Å². The molecule has 0 aliphatic carbocycles. The normalized spacial score (nSPS) is 11.4. The Kier molecular flexibility index (Phi) is 6.96. The summed E-state index contributed by atoms with van der Waals surface area (Å²) >= 11 is 0. The standard InChI is InChI=1S/C21H24N2O2/c1-3-14-22-20(24)15-17(2)16-21(25)23(18-10-6-4-7-11-18)19-12-8-5-9-13-19/h3-13,17H,1,14-16H2,2H3,(H,22,24)/t17-/m1/s1. The van der Waals surface area contributed by atoms with E-state index in [1.807, 2.05) is 67.6 Å². The van der Waals surface area contributed by atoms with Crippen molar-refractivity contribution in [2.75, 3.05) is 11.4 Å². The lowest BCUT2D eigenvalue weighted by molar-refractivity contribution is -0.122. The molecule has 2 aromatic rings. The van der Waals surface area contributed by atoms with Gasteiger partial charge in [0.1, 0.15) is 0 Å². The van der Waals surface area contributed by atoms with Crippen molar-refractivity contribution in [2.45, 2.75) is 19.8 Å². The minimum atomic E-state index is -0.0637. The van der Waals surface area contributed by atoms with E-state index in [1.54, 1.807) is 11.0 Å². The van der Waals surface area contributed by atoms with Crippen LogP contribution in [-0.4, -0.2) is 18.4 Å². The average molecular weight is 336 g/mol. The lowest BCUT2D eigenvalue weighted by Crippen LogP contribution is -2.30. The summed E-state index contributed by atoms with van der Waals surface area (Å²) in [5, 5.41) is 2.75. The second-order valence-corrected chi connectivity index (χ2v) is 6.01. The molecule has 1 N–H and O–H groups in total. The first kappa shape index (κ1) is 18.5. The molecule has 0 saturated carbocycles. The third-order valence-corrected chi connectivity index (χ3v) is 3.78. The van der Waals surface area contributed by atoms with E-state index in [0.717, 1.165) is 11.4 Å². The molecule has 0 spiro atoms. The number of anilines is 2. The minimum absolute atomic E-state index is 0.0265. The summed E-state index contributed by atoms with van der Waals surface area (Å²) in [6.07, 6.45) is 2.25. The van der Waals surface area contributed by atoms with Gasteiger partial charge in [-0.2, -0.15) is 0 Å². The molecule has 0 radical (unpaired) electrons. The van der Waals surface area contributed by atoms with Crippen molar-refractivity contribution in [2.24, 2.45) is 5.92 Å². The Morgan fingerprint density at radius 3 is 2.00 bits per heavy atom. The maximum absolute atomic E-state index is 12.9. The van der Waals surface area contributed by atoms with Gasteiger partial charge in [0.25, 0.3) is 0 Å². The van der Waals surface area contributed by atoms with Gasteiger partial charge in [0.05, 0.1) is 0 Å². The molecular formula is C21H24N2O2.